The highest BCUT2D eigenvalue weighted by Gasteiger charge is 2.25. The van der Waals surface area contributed by atoms with Gasteiger partial charge in [-0.15, -0.1) is 0 Å². The second-order valence-electron chi connectivity index (χ2n) is 7.66. The maximum absolute atomic E-state index is 13.6. The van der Waals surface area contributed by atoms with E-state index in [4.69, 9.17) is 4.74 Å². The number of ether oxygens (including phenoxy) is 1. The number of carbonyl (C=O) groups is 1. The average molecular weight is 387 g/mol. The fourth-order valence-corrected chi connectivity index (χ4v) is 3.72. The van der Waals surface area contributed by atoms with Gasteiger partial charge in [0.25, 0.3) is 5.91 Å². The lowest BCUT2D eigenvalue weighted by Gasteiger charge is -2.29. The molecule has 1 saturated heterocycles. The highest BCUT2D eigenvalue weighted by atomic mass is 19.1. The van der Waals surface area contributed by atoms with Gasteiger partial charge in [-0.3, -0.25) is 4.79 Å². The highest BCUT2D eigenvalue weighted by Crippen LogP contribution is 2.18. The molecule has 1 aliphatic rings. The first-order valence-corrected chi connectivity index (χ1v) is 9.81. The summed E-state index contributed by atoms with van der Waals surface area (Å²) in [5.74, 6) is 0.549. The lowest BCUT2D eigenvalue weighted by atomic mass is 10.1. The molecule has 1 aliphatic heterocycles. The van der Waals surface area contributed by atoms with Gasteiger partial charge in [0.2, 0.25) is 0 Å². The van der Waals surface area contributed by atoms with Crippen LogP contribution in [0.3, 0.4) is 0 Å². The molecule has 5 nitrogen and oxygen atoms in total. The molecule has 3 rings (SSSR count). The first-order valence-electron chi connectivity index (χ1n) is 9.81. The topological polar surface area (TPSA) is 47.2 Å². The summed E-state index contributed by atoms with van der Waals surface area (Å²) in [6, 6.07) is 10.7. The Kier molecular flexibility index (Phi) is 6.65. The molecule has 2 aromatic rings. The van der Waals surface area contributed by atoms with Gasteiger partial charge >= 0.3 is 0 Å². The van der Waals surface area contributed by atoms with Crippen molar-refractivity contribution in [2.45, 2.75) is 20.4 Å². The van der Waals surface area contributed by atoms with Crippen molar-refractivity contribution in [3.63, 3.8) is 0 Å². The third kappa shape index (κ3) is 5.30. The Morgan fingerprint density at radius 1 is 1.04 bits per heavy atom. The number of halogens is 1. The number of methoxy groups -OCH3 is 1. The Labute approximate surface area is 166 Å². The molecule has 150 valence electrons. The molecule has 1 heterocycles. The number of carbonyl (C=O) groups excluding carboxylic acids is 1. The Bertz CT molecular complexity index is 833. The number of benzene rings is 2. The zero-order chi connectivity index (χ0) is 20.1. The van der Waals surface area contributed by atoms with E-state index in [1.165, 1.54) is 27.0 Å². The predicted molar refractivity (Wildman–Crippen MR) is 107 cm³/mol. The average Bonchev–Trinajstić information content (AvgIpc) is 2.66. The van der Waals surface area contributed by atoms with Gasteiger partial charge in [-0.1, -0.05) is 6.07 Å². The molecule has 0 unspecified atom stereocenters. The molecule has 2 aromatic carbocycles. The predicted octanol–water partition coefficient (Wildman–Crippen LogP) is 0.373. The van der Waals surface area contributed by atoms with Crippen molar-refractivity contribution in [1.82, 2.24) is 0 Å². The Hall–Kier alpha value is -2.44. The van der Waals surface area contributed by atoms with Crippen LogP contribution in [0.2, 0.25) is 0 Å². The summed E-state index contributed by atoms with van der Waals surface area (Å²) in [5, 5.41) is 3.00. The van der Waals surface area contributed by atoms with Gasteiger partial charge in [0.1, 0.15) is 44.3 Å². The van der Waals surface area contributed by atoms with E-state index in [0.717, 1.165) is 49.7 Å². The highest BCUT2D eigenvalue weighted by molar-refractivity contribution is 5.91. The van der Waals surface area contributed by atoms with Crippen LogP contribution >= 0.6 is 0 Å². The summed E-state index contributed by atoms with van der Waals surface area (Å²) in [4.78, 5) is 15.1. The number of hydrogen-bond donors (Lipinski definition) is 3. The molecule has 1 amide bonds. The summed E-state index contributed by atoms with van der Waals surface area (Å²) in [6.45, 7) is 9.07. The second-order valence-corrected chi connectivity index (χ2v) is 7.66. The van der Waals surface area contributed by atoms with E-state index in [1.807, 2.05) is 25.1 Å². The number of anilines is 1. The summed E-state index contributed by atoms with van der Waals surface area (Å²) < 4.78 is 18.9. The van der Waals surface area contributed by atoms with Crippen LogP contribution in [0.4, 0.5) is 10.1 Å². The quantitative estimate of drug-likeness (QED) is 0.671. The van der Waals surface area contributed by atoms with E-state index in [9.17, 15) is 9.18 Å². The minimum absolute atomic E-state index is 0.0495. The van der Waals surface area contributed by atoms with Crippen LogP contribution in [-0.2, 0) is 11.3 Å². The molecule has 0 bridgehead atoms. The molecule has 0 radical (unpaired) electrons. The number of hydrogen-bond acceptors (Lipinski definition) is 2. The molecule has 0 aromatic heterocycles. The minimum Gasteiger partial charge on any atom is -0.496 e. The Balaban J connectivity index is 1.48. The standard InChI is InChI=1S/C22H28FN3O2/c1-16-4-6-20(12-17(16)2)24-22(27)15-26-10-8-25(9-11-26)14-18-13-19(23)5-7-21(18)28-3/h4-7,12-13H,8-11,14-15H2,1-3H3,(H,24,27)/p+2. The zero-order valence-electron chi connectivity index (χ0n) is 16.9. The SMILES string of the molecule is COc1ccc(F)cc1C[NH+]1CC[NH+](CC(=O)Nc2ccc(C)c(C)c2)CC1. The van der Waals surface area contributed by atoms with Crippen molar-refractivity contribution >= 4 is 11.6 Å². The molecular formula is C22H30FN3O2+2. The normalized spacial score (nSPS) is 19.3. The fraction of sp³-hybridized carbons (Fsp3) is 0.409. The van der Waals surface area contributed by atoms with E-state index >= 15 is 0 Å². The maximum Gasteiger partial charge on any atom is 0.279 e. The molecular weight excluding hydrogens is 357 g/mol. The molecule has 6 heteroatoms. The van der Waals surface area contributed by atoms with Crippen LogP contribution in [0, 0.1) is 19.7 Å². The number of nitrogens with one attached hydrogen (secondary N) is 3. The number of amides is 1. The fourth-order valence-electron chi connectivity index (χ4n) is 3.72. The van der Waals surface area contributed by atoms with Crippen molar-refractivity contribution in [3.8, 4) is 5.75 Å². The van der Waals surface area contributed by atoms with Gasteiger partial charge in [0.05, 0.1) is 12.7 Å². The summed E-state index contributed by atoms with van der Waals surface area (Å²) in [6.07, 6.45) is 0. The van der Waals surface area contributed by atoms with Crippen LogP contribution in [0.5, 0.6) is 5.75 Å². The van der Waals surface area contributed by atoms with Crippen molar-refractivity contribution < 1.29 is 23.7 Å². The Morgan fingerprint density at radius 2 is 1.75 bits per heavy atom. The van der Waals surface area contributed by atoms with E-state index in [1.54, 1.807) is 19.2 Å². The van der Waals surface area contributed by atoms with Gasteiger partial charge in [-0.2, -0.15) is 0 Å². The van der Waals surface area contributed by atoms with Crippen LogP contribution in [0.1, 0.15) is 16.7 Å². The molecule has 0 spiro atoms. The molecule has 1 fully saturated rings. The third-order valence-electron chi connectivity index (χ3n) is 5.55. The molecule has 28 heavy (non-hydrogen) atoms. The number of rotatable bonds is 6. The first-order chi connectivity index (χ1) is 13.4. The minimum atomic E-state index is -0.234. The van der Waals surface area contributed by atoms with Crippen molar-refractivity contribution in [2.24, 2.45) is 0 Å². The molecule has 0 aliphatic carbocycles. The van der Waals surface area contributed by atoms with Gasteiger partial charge in [-0.05, 0) is 55.3 Å². The third-order valence-corrected chi connectivity index (χ3v) is 5.55. The number of piperazine rings is 1. The molecule has 3 N–H and O–H groups in total. The lowest BCUT2D eigenvalue weighted by molar-refractivity contribution is -1.02. The lowest BCUT2D eigenvalue weighted by Crippen LogP contribution is -3.28. The largest absolute Gasteiger partial charge is 0.496 e. The van der Waals surface area contributed by atoms with E-state index in [2.05, 4.69) is 12.2 Å². The summed E-state index contributed by atoms with van der Waals surface area (Å²) >= 11 is 0. The zero-order valence-corrected chi connectivity index (χ0v) is 16.9. The van der Waals surface area contributed by atoms with Crippen LogP contribution < -0.4 is 19.9 Å². The molecule has 0 saturated carbocycles. The number of aryl methyl sites for hydroxylation is 2. The van der Waals surface area contributed by atoms with Gasteiger partial charge in [0.15, 0.2) is 6.54 Å². The van der Waals surface area contributed by atoms with Crippen molar-refractivity contribution in [3.05, 3.63) is 58.9 Å². The van der Waals surface area contributed by atoms with Crippen LogP contribution in [0.15, 0.2) is 36.4 Å². The van der Waals surface area contributed by atoms with Gasteiger partial charge in [0, 0.05) is 5.69 Å². The van der Waals surface area contributed by atoms with Crippen molar-refractivity contribution in [2.75, 3.05) is 45.2 Å². The second kappa shape index (κ2) is 9.17. The monoisotopic (exact) mass is 387 g/mol. The van der Waals surface area contributed by atoms with Gasteiger partial charge in [-0.25, -0.2) is 4.39 Å². The summed E-state index contributed by atoms with van der Waals surface area (Å²) in [5.41, 5.74) is 4.15. The maximum atomic E-state index is 13.6. The van der Waals surface area contributed by atoms with E-state index in [-0.39, 0.29) is 11.7 Å². The first kappa shape index (κ1) is 20.3. The van der Waals surface area contributed by atoms with Crippen molar-refractivity contribution in [1.29, 1.82) is 0 Å². The smallest absolute Gasteiger partial charge is 0.279 e. The Morgan fingerprint density at radius 3 is 2.43 bits per heavy atom. The van der Waals surface area contributed by atoms with Crippen LogP contribution in [-0.4, -0.2) is 45.7 Å². The number of quaternary nitrogens is 2. The van der Waals surface area contributed by atoms with Crippen LogP contribution in [0.25, 0.3) is 0 Å². The van der Waals surface area contributed by atoms with Gasteiger partial charge < -0.3 is 19.9 Å². The molecule has 0 atom stereocenters. The summed E-state index contributed by atoms with van der Waals surface area (Å²) in [7, 11) is 1.61. The van der Waals surface area contributed by atoms with E-state index < -0.39 is 0 Å². The van der Waals surface area contributed by atoms with E-state index in [0.29, 0.717) is 6.54 Å².